The number of aromatic nitrogens is 5. The number of benzene rings is 2. The quantitative estimate of drug-likeness (QED) is 0.471. The highest BCUT2D eigenvalue weighted by atomic mass is 35.5. The minimum absolute atomic E-state index is 0.0757. The van der Waals surface area contributed by atoms with Gasteiger partial charge in [-0.15, -0.1) is 5.10 Å². The fourth-order valence-corrected chi connectivity index (χ4v) is 3.04. The molecular weight excluding hydrogens is 394 g/mol. The number of carbonyl (C=O) groups is 1. The van der Waals surface area contributed by atoms with Gasteiger partial charge in [-0.2, -0.15) is 4.68 Å². The van der Waals surface area contributed by atoms with Crippen molar-refractivity contribution >= 4 is 28.5 Å². The zero-order valence-corrected chi connectivity index (χ0v) is 16.4. The second kappa shape index (κ2) is 7.48. The number of halogens is 1. The molecule has 29 heavy (non-hydrogen) atoms. The SMILES string of the molecule is COc1ccc(C(=O)Cn2cnc3c(nnn3-c3ccc(C)c(Cl)c3)c2=O)cc1. The fraction of sp³-hybridized carbons (Fsp3) is 0.150. The van der Waals surface area contributed by atoms with Crippen molar-refractivity contribution in [3.8, 4) is 11.4 Å². The summed E-state index contributed by atoms with van der Waals surface area (Å²) in [6.45, 7) is 1.74. The third-order valence-corrected chi connectivity index (χ3v) is 4.96. The van der Waals surface area contributed by atoms with Gasteiger partial charge in [0.25, 0.3) is 5.56 Å². The van der Waals surface area contributed by atoms with E-state index in [-0.39, 0.29) is 17.8 Å². The maximum atomic E-state index is 12.8. The van der Waals surface area contributed by atoms with E-state index in [1.165, 1.54) is 15.6 Å². The number of methoxy groups -OCH3 is 1. The van der Waals surface area contributed by atoms with Crippen LogP contribution in [0.15, 0.2) is 53.6 Å². The Morgan fingerprint density at radius 2 is 1.93 bits per heavy atom. The zero-order valence-electron chi connectivity index (χ0n) is 15.7. The summed E-state index contributed by atoms with van der Waals surface area (Å²) in [5.74, 6) is 0.420. The van der Waals surface area contributed by atoms with Crippen LogP contribution in [-0.2, 0) is 6.54 Å². The van der Waals surface area contributed by atoms with E-state index in [4.69, 9.17) is 16.3 Å². The van der Waals surface area contributed by atoms with Crippen LogP contribution < -0.4 is 10.3 Å². The first-order valence-electron chi connectivity index (χ1n) is 8.72. The molecule has 146 valence electrons. The fourth-order valence-electron chi connectivity index (χ4n) is 2.87. The number of aryl methyl sites for hydroxylation is 1. The standard InChI is InChI=1S/C20H16ClN5O3/c1-12-3-6-14(9-16(12)21)26-19-18(23-24-26)20(28)25(11-22-19)10-17(27)13-4-7-15(29-2)8-5-13/h3-9,11H,10H2,1-2H3. The van der Waals surface area contributed by atoms with Gasteiger partial charge in [0.15, 0.2) is 16.9 Å². The Morgan fingerprint density at radius 1 is 1.17 bits per heavy atom. The number of hydrogen-bond donors (Lipinski definition) is 0. The van der Waals surface area contributed by atoms with Crippen molar-refractivity contribution in [2.45, 2.75) is 13.5 Å². The van der Waals surface area contributed by atoms with Gasteiger partial charge in [-0.1, -0.05) is 22.9 Å². The summed E-state index contributed by atoms with van der Waals surface area (Å²) in [5, 5.41) is 8.56. The summed E-state index contributed by atoms with van der Waals surface area (Å²) in [4.78, 5) is 29.6. The minimum Gasteiger partial charge on any atom is -0.497 e. The highest BCUT2D eigenvalue weighted by Crippen LogP contribution is 2.20. The maximum Gasteiger partial charge on any atom is 0.283 e. The number of ketones is 1. The molecule has 0 atom stereocenters. The van der Waals surface area contributed by atoms with E-state index in [9.17, 15) is 9.59 Å². The topological polar surface area (TPSA) is 91.9 Å². The van der Waals surface area contributed by atoms with Gasteiger partial charge in [0.2, 0.25) is 0 Å². The number of nitrogens with zero attached hydrogens (tertiary/aromatic N) is 5. The first kappa shape index (κ1) is 18.8. The van der Waals surface area contributed by atoms with Gasteiger partial charge >= 0.3 is 0 Å². The minimum atomic E-state index is -0.443. The molecule has 0 spiro atoms. The number of ether oxygens (including phenoxy) is 1. The molecule has 0 fully saturated rings. The molecule has 0 saturated heterocycles. The van der Waals surface area contributed by atoms with Gasteiger partial charge in [0.05, 0.1) is 19.3 Å². The molecule has 0 aliphatic rings. The van der Waals surface area contributed by atoms with Crippen molar-refractivity contribution < 1.29 is 9.53 Å². The highest BCUT2D eigenvalue weighted by molar-refractivity contribution is 6.31. The van der Waals surface area contributed by atoms with Crippen LogP contribution in [0.5, 0.6) is 5.75 Å². The third-order valence-electron chi connectivity index (χ3n) is 4.56. The molecule has 2 aromatic heterocycles. The Kier molecular flexibility index (Phi) is 4.85. The molecule has 4 aromatic rings. The second-order valence-corrected chi connectivity index (χ2v) is 6.84. The lowest BCUT2D eigenvalue weighted by molar-refractivity contribution is 0.0970. The Hall–Kier alpha value is -3.52. The molecule has 0 amide bonds. The van der Waals surface area contributed by atoms with Crippen LogP contribution in [0.3, 0.4) is 0 Å². The van der Waals surface area contributed by atoms with Gasteiger partial charge in [-0.05, 0) is 48.9 Å². The Labute approximate surface area is 170 Å². The number of hydrogen-bond acceptors (Lipinski definition) is 6. The number of rotatable bonds is 5. The molecule has 4 rings (SSSR count). The first-order valence-corrected chi connectivity index (χ1v) is 9.10. The van der Waals surface area contributed by atoms with E-state index >= 15 is 0 Å². The number of Topliss-reactive ketones (excluding diaryl/α,β-unsaturated/α-hetero) is 1. The lowest BCUT2D eigenvalue weighted by Crippen LogP contribution is -2.25. The molecule has 8 nitrogen and oxygen atoms in total. The van der Waals surface area contributed by atoms with Crippen LogP contribution in [0.1, 0.15) is 15.9 Å². The van der Waals surface area contributed by atoms with E-state index in [1.807, 2.05) is 19.1 Å². The van der Waals surface area contributed by atoms with Crippen LogP contribution in [0.4, 0.5) is 0 Å². The molecular formula is C20H16ClN5O3. The van der Waals surface area contributed by atoms with E-state index in [0.29, 0.717) is 27.7 Å². The van der Waals surface area contributed by atoms with E-state index in [0.717, 1.165) is 5.56 Å². The zero-order chi connectivity index (χ0) is 20.5. The monoisotopic (exact) mass is 409 g/mol. The van der Waals surface area contributed by atoms with Gasteiger partial charge in [0, 0.05) is 10.6 Å². The third kappa shape index (κ3) is 3.50. The summed E-state index contributed by atoms with van der Waals surface area (Å²) >= 11 is 6.18. The van der Waals surface area contributed by atoms with Crippen molar-refractivity contribution in [2.75, 3.05) is 7.11 Å². The lowest BCUT2D eigenvalue weighted by Gasteiger charge is -2.06. The van der Waals surface area contributed by atoms with Crippen molar-refractivity contribution in [1.29, 1.82) is 0 Å². The molecule has 0 N–H and O–H groups in total. The largest absolute Gasteiger partial charge is 0.497 e. The summed E-state index contributed by atoms with van der Waals surface area (Å²) in [6, 6.07) is 12.1. The summed E-state index contributed by atoms with van der Waals surface area (Å²) in [6.07, 6.45) is 1.32. The Balaban J connectivity index is 1.67. The Morgan fingerprint density at radius 3 is 2.62 bits per heavy atom. The van der Waals surface area contributed by atoms with Gasteiger partial charge < -0.3 is 4.74 Å². The van der Waals surface area contributed by atoms with Crippen LogP contribution >= 0.6 is 11.6 Å². The number of fused-ring (bicyclic) bond motifs is 1. The molecule has 0 unspecified atom stereocenters. The molecule has 0 aliphatic heterocycles. The van der Waals surface area contributed by atoms with Crippen molar-refractivity contribution in [3.05, 3.63) is 75.3 Å². The van der Waals surface area contributed by atoms with E-state index in [2.05, 4.69) is 15.3 Å². The smallest absolute Gasteiger partial charge is 0.283 e. The maximum absolute atomic E-state index is 12.8. The number of carbonyl (C=O) groups excluding carboxylic acids is 1. The molecule has 0 radical (unpaired) electrons. The van der Waals surface area contributed by atoms with Crippen LogP contribution in [0, 0.1) is 6.92 Å². The molecule has 2 heterocycles. The average Bonchev–Trinajstić information content (AvgIpc) is 3.17. The van der Waals surface area contributed by atoms with Crippen LogP contribution in [-0.4, -0.2) is 37.4 Å². The molecule has 0 bridgehead atoms. The van der Waals surface area contributed by atoms with E-state index < -0.39 is 5.56 Å². The summed E-state index contributed by atoms with van der Waals surface area (Å²) in [5.41, 5.74) is 1.96. The normalized spacial score (nSPS) is 11.0. The van der Waals surface area contributed by atoms with Crippen LogP contribution in [0.25, 0.3) is 16.9 Å². The molecule has 0 saturated carbocycles. The van der Waals surface area contributed by atoms with Gasteiger partial charge in [0.1, 0.15) is 12.1 Å². The predicted octanol–water partition coefficient (Wildman–Crippen LogP) is 2.83. The van der Waals surface area contributed by atoms with Crippen molar-refractivity contribution in [3.63, 3.8) is 0 Å². The van der Waals surface area contributed by atoms with Gasteiger partial charge in [-0.3, -0.25) is 14.2 Å². The second-order valence-electron chi connectivity index (χ2n) is 6.44. The predicted molar refractivity (Wildman–Crippen MR) is 108 cm³/mol. The van der Waals surface area contributed by atoms with E-state index in [1.54, 1.807) is 37.4 Å². The average molecular weight is 410 g/mol. The van der Waals surface area contributed by atoms with Gasteiger partial charge in [-0.25, -0.2) is 4.98 Å². The van der Waals surface area contributed by atoms with Crippen molar-refractivity contribution in [2.24, 2.45) is 0 Å². The van der Waals surface area contributed by atoms with Crippen LogP contribution in [0.2, 0.25) is 5.02 Å². The molecule has 0 aliphatic carbocycles. The summed E-state index contributed by atoms with van der Waals surface area (Å²) in [7, 11) is 1.55. The highest BCUT2D eigenvalue weighted by Gasteiger charge is 2.16. The van der Waals surface area contributed by atoms with Crippen molar-refractivity contribution in [1.82, 2.24) is 24.5 Å². The molecule has 2 aromatic carbocycles. The lowest BCUT2D eigenvalue weighted by atomic mass is 10.1. The Bertz CT molecular complexity index is 1280. The molecule has 9 heteroatoms. The summed E-state index contributed by atoms with van der Waals surface area (Å²) < 4.78 is 7.75. The first-order chi connectivity index (χ1) is 14.0.